The van der Waals surface area contributed by atoms with Gasteiger partial charge in [0.15, 0.2) is 0 Å². The third-order valence-corrected chi connectivity index (χ3v) is 3.88. The Morgan fingerprint density at radius 3 is 2.06 bits per heavy atom. The number of hydrogen-bond donors (Lipinski definition) is 0. The Balaban J connectivity index is 0.000000581. The summed E-state index contributed by atoms with van der Waals surface area (Å²) < 4.78 is 0. The first-order valence-electron chi connectivity index (χ1n) is 7.42. The molecular formula is C15H31NO. The lowest BCUT2D eigenvalue weighted by Crippen LogP contribution is -2.38. The van der Waals surface area contributed by atoms with Gasteiger partial charge in [0.2, 0.25) is 0 Å². The Morgan fingerprint density at radius 1 is 1.06 bits per heavy atom. The number of likely N-dealkylation sites (N-methyl/N-ethyl adjacent to an activating group) is 1. The number of likely N-dealkylation sites (tertiary alicyclic amines) is 1. The molecule has 1 saturated carbocycles. The van der Waals surface area contributed by atoms with Crippen molar-refractivity contribution < 1.29 is 4.79 Å². The van der Waals surface area contributed by atoms with Gasteiger partial charge in [0, 0.05) is 6.04 Å². The molecule has 0 radical (unpaired) electrons. The van der Waals surface area contributed by atoms with Crippen molar-refractivity contribution in [2.24, 2.45) is 5.92 Å². The van der Waals surface area contributed by atoms with Crippen molar-refractivity contribution in [1.29, 1.82) is 0 Å². The Morgan fingerprint density at radius 2 is 1.59 bits per heavy atom. The average Bonchev–Trinajstić information content (AvgIpc) is 2.73. The monoisotopic (exact) mass is 241 g/mol. The average molecular weight is 241 g/mol. The lowest BCUT2D eigenvalue weighted by Gasteiger charge is -2.30. The van der Waals surface area contributed by atoms with Gasteiger partial charge in [-0.1, -0.05) is 40.5 Å². The first-order chi connectivity index (χ1) is 8.20. The van der Waals surface area contributed by atoms with Crippen LogP contribution in [0, 0.1) is 5.92 Å². The predicted octanol–water partition coefficient (Wildman–Crippen LogP) is 3.89. The summed E-state index contributed by atoms with van der Waals surface area (Å²) in [5, 5.41) is 0. The van der Waals surface area contributed by atoms with Gasteiger partial charge >= 0.3 is 0 Å². The van der Waals surface area contributed by atoms with Crippen molar-refractivity contribution >= 4 is 5.78 Å². The predicted molar refractivity (Wildman–Crippen MR) is 75.3 cm³/mol. The number of hydrogen-bond acceptors (Lipinski definition) is 2. The van der Waals surface area contributed by atoms with E-state index in [4.69, 9.17) is 0 Å². The van der Waals surface area contributed by atoms with E-state index < -0.39 is 0 Å². The van der Waals surface area contributed by atoms with Crippen molar-refractivity contribution in [3.63, 3.8) is 0 Å². The second-order valence-corrected chi connectivity index (χ2v) is 4.64. The number of carbonyl (C=O) groups is 1. The maximum Gasteiger partial charge on any atom is 0.146 e. The normalized spacial score (nSPS) is 31.5. The summed E-state index contributed by atoms with van der Waals surface area (Å²) in [7, 11) is 2.13. The molecule has 3 unspecified atom stereocenters. The van der Waals surface area contributed by atoms with Gasteiger partial charge in [0.25, 0.3) is 0 Å². The van der Waals surface area contributed by atoms with Crippen LogP contribution in [0.2, 0.25) is 0 Å². The van der Waals surface area contributed by atoms with E-state index in [1.54, 1.807) is 6.92 Å². The van der Waals surface area contributed by atoms with Crippen LogP contribution < -0.4 is 0 Å². The summed E-state index contributed by atoms with van der Waals surface area (Å²) in [4.78, 5) is 13.7. The van der Waals surface area contributed by atoms with Gasteiger partial charge < -0.3 is 0 Å². The van der Waals surface area contributed by atoms with Gasteiger partial charge in [0.05, 0.1) is 6.04 Å². The number of ketones is 1. The summed E-state index contributed by atoms with van der Waals surface area (Å²) >= 11 is 0. The van der Waals surface area contributed by atoms with Crippen LogP contribution in [-0.4, -0.2) is 29.8 Å². The van der Waals surface area contributed by atoms with Crippen molar-refractivity contribution in [2.75, 3.05) is 7.05 Å². The van der Waals surface area contributed by atoms with E-state index in [-0.39, 0.29) is 6.04 Å². The van der Waals surface area contributed by atoms with Gasteiger partial charge in [-0.15, -0.1) is 0 Å². The molecular weight excluding hydrogens is 210 g/mol. The Hall–Kier alpha value is -0.370. The van der Waals surface area contributed by atoms with Crippen LogP contribution in [0.15, 0.2) is 0 Å². The molecule has 3 atom stereocenters. The standard InChI is InChI=1S/C11H19NO.2C2H6/c1-8(13)11-7-9-5-3-4-6-10(9)12(11)2;2*1-2/h9-11H,3-7H2,1-2H3;2*1-2H3. The first-order valence-corrected chi connectivity index (χ1v) is 7.42. The van der Waals surface area contributed by atoms with Crippen molar-refractivity contribution in [1.82, 2.24) is 4.90 Å². The smallest absolute Gasteiger partial charge is 0.146 e. The van der Waals surface area contributed by atoms with Gasteiger partial charge in [0.1, 0.15) is 5.78 Å². The minimum atomic E-state index is 0.230. The van der Waals surface area contributed by atoms with Crippen LogP contribution in [0.3, 0.4) is 0 Å². The molecule has 0 bridgehead atoms. The largest absolute Gasteiger partial charge is 0.298 e. The molecule has 0 N–H and O–H groups in total. The maximum atomic E-state index is 11.4. The summed E-state index contributed by atoms with van der Waals surface area (Å²) in [6.07, 6.45) is 6.51. The fourth-order valence-corrected chi connectivity index (χ4v) is 3.14. The third-order valence-electron chi connectivity index (χ3n) is 3.88. The van der Waals surface area contributed by atoms with E-state index in [0.29, 0.717) is 11.8 Å². The lowest BCUT2D eigenvalue weighted by molar-refractivity contribution is -0.121. The molecule has 2 nitrogen and oxygen atoms in total. The van der Waals surface area contributed by atoms with Gasteiger partial charge in [-0.05, 0) is 39.2 Å². The van der Waals surface area contributed by atoms with E-state index in [1.165, 1.54) is 25.7 Å². The highest BCUT2D eigenvalue weighted by Crippen LogP contribution is 2.38. The van der Waals surface area contributed by atoms with E-state index in [9.17, 15) is 4.79 Å². The van der Waals surface area contributed by atoms with Gasteiger partial charge in [-0.3, -0.25) is 9.69 Å². The Bertz CT molecular complexity index is 215. The maximum absolute atomic E-state index is 11.4. The molecule has 0 amide bonds. The molecule has 1 heterocycles. The summed E-state index contributed by atoms with van der Waals surface area (Å²) in [6, 6.07) is 0.941. The second-order valence-electron chi connectivity index (χ2n) is 4.64. The number of fused-ring (bicyclic) bond motifs is 1. The van der Waals surface area contributed by atoms with Crippen molar-refractivity contribution in [3.05, 3.63) is 0 Å². The van der Waals surface area contributed by atoms with E-state index in [0.717, 1.165) is 12.3 Å². The molecule has 102 valence electrons. The summed E-state index contributed by atoms with van der Waals surface area (Å²) in [5.41, 5.74) is 0. The lowest BCUT2D eigenvalue weighted by atomic mass is 9.84. The van der Waals surface area contributed by atoms with Crippen LogP contribution in [0.5, 0.6) is 0 Å². The molecule has 2 heteroatoms. The van der Waals surface area contributed by atoms with Crippen LogP contribution in [0.25, 0.3) is 0 Å². The second kappa shape index (κ2) is 8.68. The highest BCUT2D eigenvalue weighted by Gasteiger charge is 2.41. The fourth-order valence-electron chi connectivity index (χ4n) is 3.14. The summed E-state index contributed by atoms with van der Waals surface area (Å²) in [5.74, 6) is 1.17. The van der Waals surface area contributed by atoms with Crippen LogP contribution in [0.1, 0.15) is 66.7 Å². The van der Waals surface area contributed by atoms with Crippen molar-refractivity contribution in [3.8, 4) is 0 Å². The van der Waals surface area contributed by atoms with E-state index >= 15 is 0 Å². The first kappa shape index (κ1) is 16.6. The zero-order chi connectivity index (χ0) is 13.4. The van der Waals surface area contributed by atoms with Crippen LogP contribution in [-0.2, 0) is 4.79 Å². The van der Waals surface area contributed by atoms with Gasteiger partial charge in [-0.2, -0.15) is 0 Å². The highest BCUT2D eigenvalue weighted by atomic mass is 16.1. The molecule has 1 saturated heterocycles. The molecule has 1 aliphatic carbocycles. The van der Waals surface area contributed by atoms with E-state index in [2.05, 4.69) is 11.9 Å². The Kier molecular flexibility index (Phi) is 8.49. The molecule has 0 spiro atoms. The molecule has 2 rings (SSSR count). The number of nitrogens with zero attached hydrogens (tertiary/aromatic N) is 1. The zero-order valence-electron chi connectivity index (χ0n) is 12.6. The number of Topliss-reactive ketones (excluding diaryl/α,β-unsaturated/α-hetero) is 1. The molecule has 1 aliphatic heterocycles. The summed E-state index contributed by atoms with van der Waals surface area (Å²) in [6.45, 7) is 9.73. The molecule has 2 aliphatic rings. The van der Waals surface area contributed by atoms with E-state index in [1.807, 2.05) is 27.7 Å². The Labute approximate surface area is 108 Å². The quantitative estimate of drug-likeness (QED) is 0.694. The molecule has 17 heavy (non-hydrogen) atoms. The van der Waals surface area contributed by atoms with Crippen LogP contribution in [0.4, 0.5) is 0 Å². The highest BCUT2D eigenvalue weighted by molar-refractivity contribution is 5.81. The minimum Gasteiger partial charge on any atom is -0.298 e. The third kappa shape index (κ3) is 4.09. The minimum absolute atomic E-state index is 0.230. The number of rotatable bonds is 1. The number of carbonyl (C=O) groups excluding carboxylic acids is 1. The molecule has 0 aromatic carbocycles. The van der Waals surface area contributed by atoms with Crippen LogP contribution >= 0.6 is 0 Å². The zero-order valence-corrected chi connectivity index (χ0v) is 12.6. The molecule has 2 fully saturated rings. The fraction of sp³-hybridized carbons (Fsp3) is 0.933. The SMILES string of the molecule is CC.CC.CC(=O)C1CC2CCCCC2N1C. The molecule has 0 aromatic rings. The topological polar surface area (TPSA) is 20.3 Å². The molecule has 0 aromatic heterocycles. The van der Waals surface area contributed by atoms with Crippen molar-refractivity contribution in [2.45, 2.75) is 78.8 Å². The van der Waals surface area contributed by atoms with Gasteiger partial charge in [-0.25, -0.2) is 0 Å².